The van der Waals surface area contributed by atoms with Crippen molar-refractivity contribution in [2.24, 2.45) is 0 Å². The Bertz CT molecular complexity index is 2240. The molecule has 0 unspecified atom stereocenters. The molecule has 9 nitrogen and oxygen atoms in total. The van der Waals surface area contributed by atoms with Crippen LogP contribution in [0, 0.1) is 23.1 Å². The van der Waals surface area contributed by atoms with E-state index >= 15 is 8.78 Å². The minimum absolute atomic E-state index is 0.0182. The Balaban J connectivity index is 1.36. The molecule has 0 amide bonds. The van der Waals surface area contributed by atoms with Gasteiger partial charge in [-0.2, -0.15) is 9.97 Å². The van der Waals surface area contributed by atoms with E-state index in [1.807, 2.05) is 0 Å². The van der Waals surface area contributed by atoms with Gasteiger partial charge in [-0.3, -0.25) is 4.90 Å². The monoisotopic (exact) mass is 815 g/mol. The number of aromatic nitrogens is 3. The number of rotatable bonds is 10. The largest absolute Gasteiger partial charge is 0.468 e. The fourth-order valence-corrected chi connectivity index (χ4v) is 15.9. The molecule has 2 aromatic carbocycles. The fourth-order valence-electron chi connectivity index (χ4n) is 10.7. The van der Waals surface area contributed by atoms with Crippen molar-refractivity contribution in [1.29, 1.82) is 0 Å². The lowest BCUT2D eigenvalue weighted by molar-refractivity contribution is 0.0512. The number of fused-ring (bicyclic) bond motifs is 4. The summed E-state index contributed by atoms with van der Waals surface area (Å²) in [5, 5.41) is 1.62. The summed E-state index contributed by atoms with van der Waals surface area (Å²) in [7, 11) is -0.767. The van der Waals surface area contributed by atoms with Crippen molar-refractivity contribution in [1.82, 2.24) is 19.9 Å². The Morgan fingerprint density at radius 2 is 1.78 bits per heavy atom. The van der Waals surface area contributed by atoms with Gasteiger partial charge >= 0.3 is 6.01 Å². The lowest BCUT2D eigenvalue weighted by Crippen LogP contribution is -2.43. The molecule has 0 N–H and O–H groups in total. The van der Waals surface area contributed by atoms with Gasteiger partial charge < -0.3 is 23.8 Å². The maximum Gasteiger partial charge on any atom is 0.319 e. The number of nitrogens with zero attached hydrogens (tertiary/aromatic N) is 5. The van der Waals surface area contributed by atoms with Crippen molar-refractivity contribution in [3.63, 3.8) is 0 Å². The van der Waals surface area contributed by atoms with Crippen molar-refractivity contribution >= 4 is 35.6 Å². The molecule has 4 aliphatic rings. The first-order chi connectivity index (χ1) is 27.9. The third kappa shape index (κ3) is 7.11. The molecule has 0 radical (unpaired) electrons. The van der Waals surface area contributed by atoms with E-state index in [4.69, 9.17) is 33.9 Å². The minimum atomic E-state index is -2.30. The number of alkyl halides is 1. The zero-order chi connectivity index (χ0) is 40.9. The normalized spacial score (nSPS) is 22.3. The van der Waals surface area contributed by atoms with E-state index in [-0.39, 0.29) is 42.2 Å². The van der Waals surface area contributed by atoms with Crippen LogP contribution in [-0.4, -0.2) is 99.0 Å². The number of halogens is 3. The number of ether oxygens (including phenoxy) is 4. The van der Waals surface area contributed by atoms with Gasteiger partial charge in [0.05, 0.1) is 34.8 Å². The number of anilines is 1. The molecule has 0 spiro atoms. The molecule has 3 atom stereocenters. The molecule has 3 fully saturated rings. The Hall–Kier alpha value is -3.96. The topological polar surface area (TPSA) is 82.1 Å². The van der Waals surface area contributed by atoms with Gasteiger partial charge in [0.25, 0.3) is 0 Å². The summed E-state index contributed by atoms with van der Waals surface area (Å²) in [5.41, 5.74) is 5.52. The number of hydrogen-bond donors (Lipinski definition) is 0. The predicted octanol–water partition coefficient (Wildman–Crippen LogP) is 9.17. The van der Waals surface area contributed by atoms with Gasteiger partial charge in [0.1, 0.15) is 49.4 Å². The summed E-state index contributed by atoms with van der Waals surface area (Å²) >= 11 is 0. The van der Waals surface area contributed by atoms with Crippen LogP contribution in [0.5, 0.6) is 11.8 Å². The van der Waals surface area contributed by atoms with Crippen LogP contribution in [0.4, 0.5) is 19.0 Å². The molecule has 13 heteroatoms. The smallest absolute Gasteiger partial charge is 0.319 e. The van der Waals surface area contributed by atoms with Crippen LogP contribution >= 0.6 is 0 Å². The van der Waals surface area contributed by atoms with Crippen molar-refractivity contribution < 1.29 is 32.1 Å². The van der Waals surface area contributed by atoms with E-state index in [9.17, 15) is 4.39 Å². The molecule has 4 aromatic rings. The highest BCUT2D eigenvalue weighted by atomic mass is 28.3. The minimum Gasteiger partial charge on any atom is -0.468 e. The van der Waals surface area contributed by atoms with Crippen molar-refractivity contribution in [2.45, 2.75) is 114 Å². The number of methoxy groups -OCH3 is 1. The average Bonchev–Trinajstić information content (AvgIpc) is 3.54. The summed E-state index contributed by atoms with van der Waals surface area (Å²) in [4.78, 5) is 19.3. The van der Waals surface area contributed by atoms with Gasteiger partial charge in [0.15, 0.2) is 12.6 Å². The molecule has 4 aliphatic heterocycles. The first-order valence-corrected chi connectivity index (χ1v) is 23.3. The lowest BCUT2D eigenvalue weighted by Gasteiger charge is -2.38. The van der Waals surface area contributed by atoms with Crippen molar-refractivity contribution in [3.05, 3.63) is 47.2 Å². The molecule has 8 rings (SSSR count). The molecule has 2 aromatic heterocycles. The van der Waals surface area contributed by atoms with Gasteiger partial charge in [-0.25, -0.2) is 18.2 Å². The third-order valence-electron chi connectivity index (χ3n) is 13.4. The summed E-state index contributed by atoms with van der Waals surface area (Å²) in [6.07, 6.45) is 3.24. The standard InChI is InChI=1S/C45H56F3N5O4Si/c1-27(2)58(28(3)4,29(5)6)19-14-34-36(47)12-10-30-20-33(57-26-54-7)21-35(38(30)34)41-40(48)42-39-37(49-41)13-11-32-24-55-18-9-17-53(32)43(39)51-44(50-42)56-25-45-15-8-16-52(45)23-31(46)22-45/h10,12,20-21,27-29,31-32H,8-9,11,13,15-18,22-26H2,1-7H3/t31-,32+,45+/m1/s1. The van der Waals surface area contributed by atoms with E-state index in [0.717, 1.165) is 25.8 Å². The molecule has 310 valence electrons. The molecular weight excluding hydrogens is 760 g/mol. The maximum atomic E-state index is 17.8. The quantitative estimate of drug-likeness (QED) is 0.0885. The number of pyridine rings is 1. The molecule has 6 heterocycles. The Morgan fingerprint density at radius 1 is 0.983 bits per heavy atom. The number of hydrogen-bond acceptors (Lipinski definition) is 9. The van der Waals surface area contributed by atoms with Crippen LogP contribution in [0.3, 0.4) is 0 Å². The Morgan fingerprint density at radius 3 is 2.53 bits per heavy atom. The summed E-state index contributed by atoms with van der Waals surface area (Å²) in [6.45, 7) is 16.5. The Labute approximate surface area is 341 Å². The predicted molar refractivity (Wildman–Crippen MR) is 224 cm³/mol. The van der Waals surface area contributed by atoms with Gasteiger partial charge in [-0.15, -0.1) is 5.54 Å². The number of aryl methyl sites for hydroxylation is 1. The molecule has 0 bridgehead atoms. The zero-order valence-corrected chi connectivity index (χ0v) is 35.9. The van der Waals surface area contributed by atoms with Gasteiger partial charge in [-0.1, -0.05) is 53.5 Å². The van der Waals surface area contributed by atoms with Crippen molar-refractivity contribution in [2.75, 3.05) is 58.3 Å². The van der Waals surface area contributed by atoms with E-state index in [0.29, 0.717) is 101 Å². The summed E-state index contributed by atoms with van der Waals surface area (Å²) in [6, 6.07) is 6.62. The molecule has 0 saturated carbocycles. The van der Waals surface area contributed by atoms with Crippen LogP contribution in [0.25, 0.3) is 32.9 Å². The highest BCUT2D eigenvalue weighted by molar-refractivity contribution is 6.90. The summed E-state index contributed by atoms with van der Waals surface area (Å²) < 4.78 is 72.6. The second-order valence-corrected chi connectivity index (χ2v) is 23.2. The van der Waals surface area contributed by atoms with Crippen LogP contribution in [0.2, 0.25) is 16.6 Å². The van der Waals surface area contributed by atoms with Gasteiger partial charge in [-0.05, 0) is 78.9 Å². The third-order valence-corrected chi connectivity index (χ3v) is 19.7. The second-order valence-electron chi connectivity index (χ2n) is 17.6. The first kappa shape index (κ1) is 40.8. The zero-order valence-electron chi connectivity index (χ0n) is 34.9. The number of benzene rings is 2. The molecule has 58 heavy (non-hydrogen) atoms. The van der Waals surface area contributed by atoms with Crippen LogP contribution in [-0.2, 0) is 15.9 Å². The van der Waals surface area contributed by atoms with E-state index < -0.39 is 31.4 Å². The highest BCUT2D eigenvalue weighted by Crippen LogP contribution is 2.45. The SMILES string of the molecule is COCOc1cc(-c2nc3c4c(nc(OC[C@@]56CCCN5C[C@H](F)C6)nc4c2F)N2CCCOC[C@@H]2CC3)c2c(C#C[Si](C(C)C)(C(C)C)C(C)C)c(F)ccc2c1. The maximum absolute atomic E-state index is 17.8. The van der Waals surface area contributed by atoms with Crippen molar-refractivity contribution in [3.8, 4) is 34.5 Å². The molecular formula is C45H56F3N5O4Si. The average molecular weight is 816 g/mol. The molecule has 0 aliphatic carbocycles. The fraction of sp³-hybridized carbons (Fsp3) is 0.578. The highest BCUT2D eigenvalue weighted by Gasteiger charge is 2.49. The van der Waals surface area contributed by atoms with Crippen LogP contribution in [0.1, 0.15) is 84.9 Å². The van der Waals surface area contributed by atoms with E-state index in [1.54, 1.807) is 18.2 Å². The first-order valence-electron chi connectivity index (χ1n) is 21.0. The second kappa shape index (κ2) is 16.2. The van der Waals surface area contributed by atoms with Gasteiger partial charge in [0.2, 0.25) is 0 Å². The van der Waals surface area contributed by atoms with Crippen LogP contribution < -0.4 is 14.4 Å². The van der Waals surface area contributed by atoms with Gasteiger partial charge in [0, 0.05) is 44.2 Å². The van der Waals surface area contributed by atoms with E-state index in [2.05, 4.69) is 62.8 Å². The van der Waals surface area contributed by atoms with E-state index in [1.165, 1.54) is 13.2 Å². The summed E-state index contributed by atoms with van der Waals surface area (Å²) in [5.74, 6) is 3.18. The van der Waals surface area contributed by atoms with Crippen LogP contribution in [0.15, 0.2) is 24.3 Å². The molecule has 3 saturated heterocycles. The Kier molecular flexibility index (Phi) is 11.4. The lowest BCUT2D eigenvalue weighted by atomic mass is 9.95.